The van der Waals surface area contributed by atoms with Gasteiger partial charge in [0, 0.05) is 0 Å². The SMILES string of the molecule is CC1(C)O[C@@H]2[C@@H](O)[C@H]3OC[C@H](O3)[C@@H]2O1. The highest BCUT2D eigenvalue weighted by atomic mass is 16.8. The Morgan fingerprint density at radius 1 is 1.21 bits per heavy atom. The van der Waals surface area contributed by atoms with Gasteiger partial charge >= 0.3 is 0 Å². The average molecular weight is 202 g/mol. The van der Waals surface area contributed by atoms with Crippen molar-refractivity contribution in [2.45, 2.75) is 50.3 Å². The summed E-state index contributed by atoms with van der Waals surface area (Å²) in [6.07, 6.45) is -1.93. The zero-order valence-corrected chi connectivity index (χ0v) is 8.17. The number of fused-ring (bicyclic) bond motifs is 4. The van der Waals surface area contributed by atoms with E-state index < -0.39 is 18.2 Å². The minimum atomic E-state index is -0.750. The highest BCUT2D eigenvalue weighted by Crippen LogP contribution is 2.40. The molecule has 3 aliphatic rings. The highest BCUT2D eigenvalue weighted by Gasteiger charge is 2.57. The van der Waals surface area contributed by atoms with E-state index >= 15 is 0 Å². The van der Waals surface area contributed by atoms with E-state index in [0.29, 0.717) is 6.61 Å². The molecular formula is C9H14O5. The molecule has 0 saturated carbocycles. The molecule has 0 radical (unpaired) electrons. The van der Waals surface area contributed by atoms with Gasteiger partial charge in [-0.15, -0.1) is 0 Å². The Bertz CT molecular complexity index is 246. The second-order valence-electron chi connectivity index (χ2n) is 4.43. The van der Waals surface area contributed by atoms with Crippen LogP contribution in [0.2, 0.25) is 0 Å². The van der Waals surface area contributed by atoms with Crippen LogP contribution < -0.4 is 0 Å². The first-order valence-electron chi connectivity index (χ1n) is 4.88. The van der Waals surface area contributed by atoms with Gasteiger partial charge in [-0.3, -0.25) is 0 Å². The molecule has 0 aromatic carbocycles. The predicted octanol–water partition coefficient (Wildman–Crippen LogP) is -0.378. The molecule has 1 N–H and O–H groups in total. The number of rotatable bonds is 0. The molecular weight excluding hydrogens is 188 g/mol. The van der Waals surface area contributed by atoms with Crippen molar-refractivity contribution in [3.63, 3.8) is 0 Å². The summed E-state index contributed by atoms with van der Waals surface area (Å²) in [6.45, 7) is 4.15. The second kappa shape index (κ2) is 2.68. The molecule has 5 heteroatoms. The molecule has 3 rings (SSSR count). The standard InChI is InChI=1S/C9H14O5/c1-9(2)13-6-4-3-11-8(12-4)5(10)7(6)14-9/h4-8,10H,3H2,1-2H3/t4-,5+,6-,7+,8-/m0/s1. The molecule has 5 nitrogen and oxygen atoms in total. The third kappa shape index (κ3) is 1.14. The number of ether oxygens (including phenoxy) is 4. The minimum absolute atomic E-state index is 0.102. The first-order chi connectivity index (χ1) is 6.57. The van der Waals surface area contributed by atoms with Gasteiger partial charge in [-0.05, 0) is 13.8 Å². The zero-order chi connectivity index (χ0) is 9.92. The Balaban J connectivity index is 1.88. The molecule has 0 unspecified atom stereocenters. The van der Waals surface area contributed by atoms with Crippen molar-refractivity contribution in [2.24, 2.45) is 0 Å². The van der Waals surface area contributed by atoms with E-state index in [2.05, 4.69) is 0 Å². The van der Waals surface area contributed by atoms with Crippen molar-refractivity contribution in [1.82, 2.24) is 0 Å². The fourth-order valence-corrected chi connectivity index (χ4v) is 2.32. The summed E-state index contributed by atoms with van der Waals surface area (Å²) < 4.78 is 22.0. The summed E-state index contributed by atoms with van der Waals surface area (Å²) in [5, 5.41) is 9.84. The number of aliphatic hydroxyl groups excluding tert-OH is 1. The van der Waals surface area contributed by atoms with Crippen LogP contribution in [0.4, 0.5) is 0 Å². The zero-order valence-electron chi connectivity index (χ0n) is 8.17. The Labute approximate surface area is 81.9 Å². The normalized spacial score (nSPS) is 54.6. The van der Waals surface area contributed by atoms with Gasteiger partial charge in [-0.25, -0.2) is 0 Å². The van der Waals surface area contributed by atoms with Gasteiger partial charge in [0.2, 0.25) is 0 Å². The highest BCUT2D eigenvalue weighted by molar-refractivity contribution is 4.99. The quantitative estimate of drug-likeness (QED) is 0.580. The van der Waals surface area contributed by atoms with Crippen LogP contribution in [0.5, 0.6) is 0 Å². The number of hydrogen-bond acceptors (Lipinski definition) is 5. The maximum absolute atomic E-state index is 9.84. The van der Waals surface area contributed by atoms with Crippen molar-refractivity contribution in [3.05, 3.63) is 0 Å². The van der Waals surface area contributed by atoms with E-state index in [1.807, 2.05) is 13.8 Å². The molecule has 3 heterocycles. The summed E-state index contributed by atoms with van der Waals surface area (Å²) in [7, 11) is 0. The van der Waals surface area contributed by atoms with E-state index in [0.717, 1.165) is 0 Å². The van der Waals surface area contributed by atoms with Crippen LogP contribution in [-0.4, -0.2) is 48.2 Å². The Hall–Kier alpha value is -0.200. The maximum Gasteiger partial charge on any atom is 0.186 e. The molecule has 0 aromatic heterocycles. The van der Waals surface area contributed by atoms with Crippen LogP contribution in [0.25, 0.3) is 0 Å². The molecule has 3 fully saturated rings. The molecule has 0 aromatic rings. The van der Waals surface area contributed by atoms with Crippen LogP contribution >= 0.6 is 0 Å². The monoisotopic (exact) mass is 202 g/mol. The van der Waals surface area contributed by atoms with Crippen molar-refractivity contribution in [1.29, 1.82) is 0 Å². The predicted molar refractivity (Wildman–Crippen MR) is 44.4 cm³/mol. The Kier molecular flexibility index (Phi) is 1.73. The van der Waals surface area contributed by atoms with E-state index in [4.69, 9.17) is 18.9 Å². The Morgan fingerprint density at radius 2 is 1.93 bits per heavy atom. The molecule has 14 heavy (non-hydrogen) atoms. The van der Waals surface area contributed by atoms with Crippen LogP contribution in [0.3, 0.4) is 0 Å². The summed E-state index contributed by atoms with van der Waals surface area (Å²) in [5.41, 5.74) is 0. The van der Waals surface area contributed by atoms with E-state index in [1.165, 1.54) is 0 Å². The first kappa shape index (κ1) is 9.06. The van der Waals surface area contributed by atoms with Gasteiger partial charge < -0.3 is 24.1 Å². The van der Waals surface area contributed by atoms with E-state index in [1.54, 1.807) is 0 Å². The van der Waals surface area contributed by atoms with Gasteiger partial charge in [0.15, 0.2) is 12.1 Å². The molecule has 0 aliphatic carbocycles. The lowest BCUT2D eigenvalue weighted by atomic mass is 10.0. The Morgan fingerprint density at radius 3 is 2.71 bits per heavy atom. The topological polar surface area (TPSA) is 57.2 Å². The van der Waals surface area contributed by atoms with Crippen molar-refractivity contribution in [2.75, 3.05) is 6.61 Å². The molecule has 80 valence electrons. The van der Waals surface area contributed by atoms with E-state index in [-0.39, 0.29) is 18.3 Å². The number of aliphatic hydroxyl groups is 1. The lowest BCUT2D eigenvalue weighted by Crippen LogP contribution is -2.52. The number of hydrogen-bond donors (Lipinski definition) is 1. The summed E-state index contributed by atoms with van der Waals surface area (Å²) >= 11 is 0. The summed E-state index contributed by atoms with van der Waals surface area (Å²) in [4.78, 5) is 0. The smallest absolute Gasteiger partial charge is 0.186 e. The summed E-state index contributed by atoms with van der Waals surface area (Å²) in [6, 6.07) is 0. The first-order valence-corrected chi connectivity index (χ1v) is 4.88. The van der Waals surface area contributed by atoms with Crippen LogP contribution in [0, 0.1) is 0 Å². The van der Waals surface area contributed by atoms with Crippen LogP contribution in [-0.2, 0) is 18.9 Å². The van der Waals surface area contributed by atoms with Gasteiger partial charge in [-0.2, -0.15) is 0 Å². The van der Waals surface area contributed by atoms with Gasteiger partial charge in [0.25, 0.3) is 0 Å². The third-order valence-corrected chi connectivity index (χ3v) is 2.88. The molecule has 5 atom stereocenters. The molecule has 0 amide bonds. The maximum atomic E-state index is 9.84. The van der Waals surface area contributed by atoms with Crippen molar-refractivity contribution < 1.29 is 24.1 Å². The molecule has 0 spiro atoms. The fourth-order valence-electron chi connectivity index (χ4n) is 2.32. The van der Waals surface area contributed by atoms with Crippen LogP contribution in [0.15, 0.2) is 0 Å². The lowest BCUT2D eigenvalue weighted by molar-refractivity contribution is -0.204. The van der Waals surface area contributed by atoms with Crippen molar-refractivity contribution in [3.8, 4) is 0 Å². The minimum Gasteiger partial charge on any atom is -0.385 e. The molecule has 2 bridgehead atoms. The lowest BCUT2D eigenvalue weighted by Gasteiger charge is -2.31. The van der Waals surface area contributed by atoms with Crippen molar-refractivity contribution >= 4 is 0 Å². The second-order valence-corrected chi connectivity index (χ2v) is 4.43. The van der Waals surface area contributed by atoms with E-state index in [9.17, 15) is 5.11 Å². The third-order valence-electron chi connectivity index (χ3n) is 2.88. The fraction of sp³-hybridized carbons (Fsp3) is 1.00. The molecule has 3 aliphatic heterocycles. The van der Waals surface area contributed by atoms with Gasteiger partial charge in [0.1, 0.15) is 24.4 Å². The van der Waals surface area contributed by atoms with Gasteiger partial charge in [0.05, 0.1) is 6.61 Å². The van der Waals surface area contributed by atoms with Crippen LogP contribution in [0.1, 0.15) is 13.8 Å². The molecule has 3 saturated heterocycles. The largest absolute Gasteiger partial charge is 0.385 e. The van der Waals surface area contributed by atoms with Gasteiger partial charge in [-0.1, -0.05) is 0 Å². The summed E-state index contributed by atoms with van der Waals surface area (Å²) in [5.74, 6) is -0.635. The average Bonchev–Trinajstić information content (AvgIpc) is 2.64.